The second kappa shape index (κ2) is 9.43. The number of amides is 2. The van der Waals surface area contributed by atoms with Crippen molar-refractivity contribution in [2.75, 3.05) is 0 Å². The molecule has 0 rings (SSSR count). The lowest BCUT2D eigenvalue weighted by Gasteiger charge is -2.26. The molecule has 0 aliphatic rings. The fraction of sp³-hybridized carbons (Fsp3) is 0.786. The average molecular weight is 333 g/mol. The maximum atomic E-state index is 12.2. The summed E-state index contributed by atoms with van der Waals surface area (Å²) in [6, 6.07) is -3.79. The number of carboxylic acids is 1. The molecular formula is C14H27N3O6. The van der Waals surface area contributed by atoms with Crippen molar-refractivity contribution in [1.29, 1.82) is 0 Å². The minimum atomic E-state index is -1.38. The van der Waals surface area contributed by atoms with Gasteiger partial charge in [0.1, 0.15) is 18.1 Å². The van der Waals surface area contributed by atoms with Crippen molar-refractivity contribution >= 4 is 17.8 Å². The van der Waals surface area contributed by atoms with Crippen LogP contribution in [0, 0.1) is 5.92 Å². The summed E-state index contributed by atoms with van der Waals surface area (Å²) in [5.41, 5.74) is 5.46. The highest BCUT2D eigenvalue weighted by Crippen LogP contribution is 2.09. The van der Waals surface area contributed by atoms with E-state index in [-0.39, 0.29) is 5.92 Å². The molecule has 9 heteroatoms. The largest absolute Gasteiger partial charge is 0.480 e. The number of carboxylic acid groups (broad SMARTS) is 1. The molecule has 7 N–H and O–H groups in total. The molecule has 0 saturated heterocycles. The first-order chi connectivity index (χ1) is 10.5. The van der Waals surface area contributed by atoms with Gasteiger partial charge in [-0.1, -0.05) is 20.3 Å². The molecule has 0 saturated carbocycles. The Morgan fingerprint density at radius 1 is 0.957 bits per heavy atom. The van der Waals surface area contributed by atoms with Gasteiger partial charge >= 0.3 is 5.97 Å². The molecular weight excluding hydrogens is 306 g/mol. The number of nitrogens with two attached hydrogens (primary N) is 1. The molecule has 0 aromatic rings. The molecule has 0 aliphatic carbocycles. The number of aliphatic hydroxyl groups is 2. The lowest BCUT2D eigenvalue weighted by atomic mass is 9.98. The summed E-state index contributed by atoms with van der Waals surface area (Å²) in [5.74, 6) is -3.19. The van der Waals surface area contributed by atoms with Crippen molar-refractivity contribution in [3.63, 3.8) is 0 Å². The van der Waals surface area contributed by atoms with Crippen LogP contribution in [0.4, 0.5) is 0 Å². The molecule has 9 nitrogen and oxygen atoms in total. The van der Waals surface area contributed by atoms with Crippen molar-refractivity contribution in [3.05, 3.63) is 0 Å². The summed E-state index contributed by atoms with van der Waals surface area (Å²) in [7, 11) is 0. The Bertz CT molecular complexity index is 427. The minimum absolute atomic E-state index is 0.332. The quantitative estimate of drug-likeness (QED) is 0.289. The number of hydrogen-bond donors (Lipinski definition) is 6. The monoisotopic (exact) mass is 333 g/mol. The summed E-state index contributed by atoms with van der Waals surface area (Å²) in [4.78, 5) is 35.2. The van der Waals surface area contributed by atoms with Gasteiger partial charge in [0.05, 0.1) is 12.2 Å². The van der Waals surface area contributed by atoms with Gasteiger partial charge in [-0.2, -0.15) is 0 Å². The molecule has 23 heavy (non-hydrogen) atoms. The summed E-state index contributed by atoms with van der Waals surface area (Å²) in [6.45, 7) is 6.03. The van der Waals surface area contributed by atoms with Crippen molar-refractivity contribution in [2.24, 2.45) is 11.7 Å². The Morgan fingerprint density at radius 2 is 1.43 bits per heavy atom. The SMILES string of the molecule is CCC(C)C(NC(=O)C(NC(=O)C(N)C(C)O)C(C)O)C(=O)O. The van der Waals surface area contributed by atoms with Crippen LogP contribution >= 0.6 is 0 Å². The molecule has 6 atom stereocenters. The Kier molecular flexibility index (Phi) is 8.73. The molecule has 0 radical (unpaired) electrons. The van der Waals surface area contributed by atoms with E-state index in [1.54, 1.807) is 13.8 Å². The van der Waals surface area contributed by atoms with E-state index in [0.29, 0.717) is 6.42 Å². The number of aliphatic hydroxyl groups excluding tert-OH is 2. The van der Waals surface area contributed by atoms with Crippen LogP contribution in [0.25, 0.3) is 0 Å². The Hall–Kier alpha value is -1.71. The molecule has 134 valence electrons. The maximum absolute atomic E-state index is 12.2. The van der Waals surface area contributed by atoms with E-state index in [1.165, 1.54) is 13.8 Å². The van der Waals surface area contributed by atoms with E-state index in [1.807, 2.05) is 0 Å². The minimum Gasteiger partial charge on any atom is -0.480 e. The molecule has 0 spiro atoms. The molecule has 0 aromatic carbocycles. The number of carbonyl (C=O) groups excluding carboxylic acids is 2. The van der Waals surface area contributed by atoms with Gasteiger partial charge in [0.15, 0.2) is 0 Å². The number of nitrogens with one attached hydrogen (secondary N) is 2. The number of carbonyl (C=O) groups is 3. The summed E-state index contributed by atoms with van der Waals surface area (Å²) in [5, 5.41) is 32.6. The standard InChI is InChI=1S/C14H27N3O6/c1-5-6(2)10(14(22)23)16-13(21)11(8(4)19)17-12(20)9(15)7(3)18/h6-11,18-19H,5,15H2,1-4H3,(H,16,21)(H,17,20)(H,22,23). The lowest BCUT2D eigenvalue weighted by molar-refractivity contribution is -0.144. The highest BCUT2D eigenvalue weighted by atomic mass is 16.4. The van der Waals surface area contributed by atoms with E-state index in [2.05, 4.69) is 10.6 Å². The van der Waals surface area contributed by atoms with Crippen molar-refractivity contribution in [3.8, 4) is 0 Å². The maximum Gasteiger partial charge on any atom is 0.326 e. The van der Waals surface area contributed by atoms with E-state index >= 15 is 0 Å². The molecule has 0 aromatic heterocycles. The van der Waals surface area contributed by atoms with Gasteiger partial charge in [-0.3, -0.25) is 9.59 Å². The third kappa shape index (κ3) is 6.51. The number of hydrogen-bond acceptors (Lipinski definition) is 6. The summed E-state index contributed by atoms with van der Waals surface area (Å²) in [6.07, 6.45) is -1.89. The Morgan fingerprint density at radius 3 is 1.78 bits per heavy atom. The van der Waals surface area contributed by atoms with Gasteiger partial charge < -0.3 is 31.7 Å². The van der Waals surface area contributed by atoms with Crippen LogP contribution in [0.3, 0.4) is 0 Å². The number of rotatable bonds is 9. The van der Waals surface area contributed by atoms with Crippen LogP contribution in [-0.4, -0.2) is 63.4 Å². The smallest absolute Gasteiger partial charge is 0.326 e. The van der Waals surface area contributed by atoms with Crippen molar-refractivity contribution in [1.82, 2.24) is 10.6 Å². The van der Waals surface area contributed by atoms with Crippen LogP contribution in [0.1, 0.15) is 34.1 Å². The number of aliphatic carboxylic acids is 1. The third-order valence-corrected chi connectivity index (χ3v) is 3.66. The Balaban J connectivity index is 5.06. The molecule has 0 bridgehead atoms. The van der Waals surface area contributed by atoms with Gasteiger partial charge in [0.2, 0.25) is 11.8 Å². The predicted molar refractivity (Wildman–Crippen MR) is 82.3 cm³/mol. The third-order valence-electron chi connectivity index (χ3n) is 3.66. The summed E-state index contributed by atoms with van der Waals surface area (Å²) >= 11 is 0. The summed E-state index contributed by atoms with van der Waals surface area (Å²) < 4.78 is 0. The van der Waals surface area contributed by atoms with Crippen LogP contribution < -0.4 is 16.4 Å². The van der Waals surface area contributed by atoms with Crippen molar-refractivity contribution < 1.29 is 29.7 Å². The first kappa shape index (κ1) is 21.3. The zero-order valence-corrected chi connectivity index (χ0v) is 13.8. The zero-order chi connectivity index (χ0) is 18.3. The average Bonchev–Trinajstić information content (AvgIpc) is 2.47. The topological polar surface area (TPSA) is 162 Å². The fourth-order valence-corrected chi connectivity index (χ4v) is 1.80. The van der Waals surface area contributed by atoms with Gasteiger partial charge in [-0.05, 0) is 19.8 Å². The normalized spacial score (nSPS) is 18.9. The second-order valence-corrected chi connectivity index (χ2v) is 5.70. The Labute approximate surface area is 135 Å². The fourth-order valence-electron chi connectivity index (χ4n) is 1.80. The first-order valence-electron chi connectivity index (χ1n) is 7.48. The molecule has 2 amide bonds. The molecule has 0 aliphatic heterocycles. The highest BCUT2D eigenvalue weighted by molar-refractivity contribution is 5.92. The van der Waals surface area contributed by atoms with Gasteiger partial charge in [0, 0.05) is 0 Å². The van der Waals surface area contributed by atoms with Crippen molar-refractivity contribution in [2.45, 2.75) is 64.4 Å². The van der Waals surface area contributed by atoms with E-state index < -0.39 is 48.1 Å². The predicted octanol–water partition coefficient (Wildman–Crippen LogP) is -1.82. The van der Waals surface area contributed by atoms with Gasteiger partial charge in [-0.15, -0.1) is 0 Å². The molecule has 0 heterocycles. The highest BCUT2D eigenvalue weighted by Gasteiger charge is 2.33. The molecule has 0 fully saturated rings. The zero-order valence-electron chi connectivity index (χ0n) is 13.8. The van der Waals surface area contributed by atoms with Crippen LogP contribution in [0.2, 0.25) is 0 Å². The lowest BCUT2D eigenvalue weighted by Crippen LogP contribution is -2.60. The van der Waals surface area contributed by atoms with Crippen LogP contribution in [0.5, 0.6) is 0 Å². The van der Waals surface area contributed by atoms with Crippen LogP contribution in [-0.2, 0) is 14.4 Å². The van der Waals surface area contributed by atoms with E-state index in [9.17, 15) is 24.6 Å². The van der Waals surface area contributed by atoms with E-state index in [0.717, 1.165) is 0 Å². The molecule has 6 unspecified atom stereocenters. The van der Waals surface area contributed by atoms with Gasteiger partial charge in [0.25, 0.3) is 0 Å². The second-order valence-electron chi connectivity index (χ2n) is 5.70. The van der Waals surface area contributed by atoms with Gasteiger partial charge in [-0.25, -0.2) is 4.79 Å². The van der Waals surface area contributed by atoms with Crippen LogP contribution in [0.15, 0.2) is 0 Å². The van der Waals surface area contributed by atoms with E-state index in [4.69, 9.17) is 10.8 Å². The first-order valence-corrected chi connectivity index (χ1v) is 7.48.